The summed E-state index contributed by atoms with van der Waals surface area (Å²) in [4.78, 5) is 0. The largest absolute Gasteiger partial charge is 0.493 e. The van der Waals surface area contributed by atoms with Crippen LogP contribution in [-0.4, -0.2) is 13.7 Å². The van der Waals surface area contributed by atoms with E-state index in [0.717, 1.165) is 0 Å². The molecule has 1 aromatic rings. The van der Waals surface area contributed by atoms with Gasteiger partial charge in [-0.1, -0.05) is 17.7 Å². The van der Waals surface area contributed by atoms with Gasteiger partial charge in [-0.15, -0.1) is 0 Å². The molecular formula is C8H7ClF2O2. The van der Waals surface area contributed by atoms with Crippen molar-refractivity contribution in [3.05, 3.63) is 23.2 Å². The molecule has 0 saturated heterocycles. The van der Waals surface area contributed by atoms with Gasteiger partial charge in [0.1, 0.15) is 0 Å². The Bertz CT molecular complexity index is 291. The maximum atomic E-state index is 11.9. The Morgan fingerprint density at radius 2 is 2.08 bits per heavy atom. The van der Waals surface area contributed by atoms with E-state index in [-0.39, 0.29) is 16.5 Å². The maximum absolute atomic E-state index is 11.9. The molecule has 2 nitrogen and oxygen atoms in total. The van der Waals surface area contributed by atoms with Crippen molar-refractivity contribution in [3.8, 4) is 11.5 Å². The fourth-order valence-electron chi connectivity index (χ4n) is 0.853. The van der Waals surface area contributed by atoms with Gasteiger partial charge >= 0.3 is 6.61 Å². The fraction of sp³-hybridized carbons (Fsp3) is 0.250. The van der Waals surface area contributed by atoms with Crippen molar-refractivity contribution in [1.82, 2.24) is 0 Å². The highest BCUT2D eigenvalue weighted by Crippen LogP contribution is 2.35. The van der Waals surface area contributed by atoms with Crippen LogP contribution in [0.1, 0.15) is 0 Å². The van der Waals surface area contributed by atoms with Gasteiger partial charge in [0, 0.05) is 0 Å². The minimum absolute atomic E-state index is 0.0969. The molecule has 0 fully saturated rings. The van der Waals surface area contributed by atoms with Crippen LogP contribution in [0.15, 0.2) is 18.2 Å². The Morgan fingerprint density at radius 1 is 1.38 bits per heavy atom. The molecule has 72 valence electrons. The number of para-hydroxylation sites is 1. The molecule has 0 bridgehead atoms. The number of hydrogen-bond acceptors (Lipinski definition) is 2. The SMILES string of the molecule is COc1cccc(Cl)c1OC(F)F. The molecule has 0 aromatic heterocycles. The molecule has 5 heteroatoms. The van der Waals surface area contributed by atoms with E-state index in [4.69, 9.17) is 16.3 Å². The molecule has 0 aliphatic rings. The van der Waals surface area contributed by atoms with E-state index in [9.17, 15) is 8.78 Å². The number of alkyl halides is 2. The van der Waals surface area contributed by atoms with Crippen LogP contribution in [0.25, 0.3) is 0 Å². The zero-order valence-electron chi connectivity index (χ0n) is 6.76. The summed E-state index contributed by atoms with van der Waals surface area (Å²) >= 11 is 5.61. The Labute approximate surface area is 79.0 Å². The van der Waals surface area contributed by atoms with Gasteiger partial charge in [0.15, 0.2) is 11.5 Å². The Balaban J connectivity index is 3.00. The van der Waals surface area contributed by atoms with Crippen molar-refractivity contribution in [2.45, 2.75) is 6.61 Å². The van der Waals surface area contributed by atoms with Gasteiger partial charge in [-0.3, -0.25) is 0 Å². The summed E-state index contributed by atoms with van der Waals surface area (Å²) in [5, 5.41) is 0.0969. The summed E-state index contributed by atoms with van der Waals surface area (Å²) in [6.45, 7) is -2.91. The zero-order chi connectivity index (χ0) is 9.84. The van der Waals surface area contributed by atoms with Crippen LogP contribution in [0.5, 0.6) is 11.5 Å². The van der Waals surface area contributed by atoms with Crippen molar-refractivity contribution >= 4 is 11.6 Å². The van der Waals surface area contributed by atoms with Crippen LogP contribution in [0.3, 0.4) is 0 Å². The smallest absolute Gasteiger partial charge is 0.387 e. The van der Waals surface area contributed by atoms with Gasteiger partial charge in [-0.25, -0.2) is 0 Å². The standard InChI is InChI=1S/C8H7ClF2O2/c1-12-6-4-2-3-5(9)7(6)13-8(10)11/h2-4,8H,1H3. The highest BCUT2D eigenvalue weighted by molar-refractivity contribution is 6.32. The van der Waals surface area contributed by atoms with E-state index >= 15 is 0 Å². The van der Waals surface area contributed by atoms with Gasteiger partial charge in [0.25, 0.3) is 0 Å². The number of benzene rings is 1. The Kier molecular flexibility index (Phi) is 3.31. The minimum atomic E-state index is -2.91. The third-order valence-corrected chi connectivity index (χ3v) is 1.66. The molecule has 0 aliphatic heterocycles. The summed E-state index contributed by atoms with van der Waals surface area (Å²) in [5.41, 5.74) is 0. The molecule has 0 amide bonds. The van der Waals surface area contributed by atoms with Crippen LogP contribution in [0.4, 0.5) is 8.78 Å². The Morgan fingerprint density at radius 3 is 2.62 bits per heavy atom. The normalized spacial score (nSPS) is 10.2. The van der Waals surface area contributed by atoms with Crippen LogP contribution < -0.4 is 9.47 Å². The number of ether oxygens (including phenoxy) is 2. The van der Waals surface area contributed by atoms with E-state index in [0.29, 0.717) is 0 Å². The van der Waals surface area contributed by atoms with Crippen molar-refractivity contribution in [2.24, 2.45) is 0 Å². The monoisotopic (exact) mass is 208 g/mol. The minimum Gasteiger partial charge on any atom is -0.493 e. The van der Waals surface area contributed by atoms with E-state index < -0.39 is 6.61 Å². The Hall–Kier alpha value is -1.03. The lowest BCUT2D eigenvalue weighted by atomic mass is 10.3. The quantitative estimate of drug-likeness (QED) is 0.760. The van der Waals surface area contributed by atoms with Gasteiger partial charge in [0.2, 0.25) is 0 Å². The zero-order valence-corrected chi connectivity index (χ0v) is 7.52. The van der Waals surface area contributed by atoms with E-state index in [2.05, 4.69) is 4.74 Å². The van der Waals surface area contributed by atoms with E-state index in [1.165, 1.54) is 19.2 Å². The third-order valence-electron chi connectivity index (χ3n) is 1.36. The first kappa shape index (κ1) is 10.1. The average Bonchev–Trinajstić information content (AvgIpc) is 2.08. The first-order valence-corrected chi connectivity index (χ1v) is 3.80. The second kappa shape index (κ2) is 4.28. The summed E-state index contributed by atoms with van der Waals surface area (Å²) < 4.78 is 32.7. The molecule has 0 heterocycles. The lowest BCUT2D eigenvalue weighted by Gasteiger charge is -2.10. The van der Waals surface area contributed by atoms with Crippen LogP contribution >= 0.6 is 11.6 Å². The molecule has 0 aliphatic carbocycles. The van der Waals surface area contributed by atoms with Crippen molar-refractivity contribution in [1.29, 1.82) is 0 Å². The second-order valence-electron chi connectivity index (χ2n) is 2.15. The van der Waals surface area contributed by atoms with Crippen molar-refractivity contribution in [3.63, 3.8) is 0 Å². The van der Waals surface area contributed by atoms with Crippen LogP contribution in [-0.2, 0) is 0 Å². The third kappa shape index (κ3) is 2.45. The van der Waals surface area contributed by atoms with Gasteiger partial charge < -0.3 is 9.47 Å². The number of methoxy groups -OCH3 is 1. The topological polar surface area (TPSA) is 18.5 Å². The number of halogens is 3. The molecule has 1 aromatic carbocycles. The first-order chi connectivity index (χ1) is 6.15. The lowest BCUT2D eigenvalue weighted by molar-refractivity contribution is -0.0511. The predicted octanol–water partition coefficient (Wildman–Crippen LogP) is 2.95. The first-order valence-electron chi connectivity index (χ1n) is 3.42. The molecule has 0 spiro atoms. The molecule has 13 heavy (non-hydrogen) atoms. The lowest BCUT2D eigenvalue weighted by Crippen LogP contribution is -2.03. The highest BCUT2D eigenvalue weighted by atomic mass is 35.5. The molecular weight excluding hydrogens is 202 g/mol. The highest BCUT2D eigenvalue weighted by Gasteiger charge is 2.13. The van der Waals surface area contributed by atoms with Crippen LogP contribution in [0.2, 0.25) is 5.02 Å². The predicted molar refractivity (Wildman–Crippen MR) is 44.6 cm³/mol. The van der Waals surface area contributed by atoms with E-state index in [1.54, 1.807) is 6.07 Å². The van der Waals surface area contributed by atoms with Crippen molar-refractivity contribution in [2.75, 3.05) is 7.11 Å². The van der Waals surface area contributed by atoms with Crippen LogP contribution in [0, 0.1) is 0 Å². The van der Waals surface area contributed by atoms with Crippen molar-refractivity contribution < 1.29 is 18.3 Å². The summed E-state index contributed by atoms with van der Waals surface area (Å²) in [6, 6.07) is 4.52. The second-order valence-corrected chi connectivity index (χ2v) is 2.56. The number of rotatable bonds is 3. The van der Waals surface area contributed by atoms with E-state index in [1.807, 2.05) is 0 Å². The molecule has 0 saturated carbocycles. The summed E-state index contributed by atoms with van der Waals surface area (Å²) in [7, 11) is 1.35. The van der Waals surface area contributed by atoms with Gasteiger partial charge in [-0.2, -0.15) is 8.78 Å². The van der Waals surface area contributed by atoms with Gasteiger partial charge in [-0.05, 0) is 12.1 Å². The molecule has 0 N–H and O–H groups in total. The average molecular weight is 209 g/mol. The molecule has 1 rings (SSSR count). The van der Waals surface area contributed by atoms with Gasteiger partial charge in [0.05, 0.1) is 12.1 Å². The molecule has 0 unspecified atom stereocenters. The maximum Gasteiger partial charge on any atom is 0.387 e. The molecule has 0 radical (unpaired) electrons. The summed E-state index contributed by atoms with van der Waals surface area (Å²) in [5.74, 6) is 0.0504. The summed E-state index contributed by atoms with van der Waals surface area (Å²) in [6.07, 6.45) is 0. The molecule has 0 atom stereocenters. The fourth-order valence-corrected chi connectivity index (χ4v) is 1.06. The number of hydrogen-bond donors (Lipinski definition) is 0.